The third-order valence-corrected chi connectivity index (χ3v) is 4.86. The molecule has 1 amide bonds. The van der Waals surface area contributed by atoms with E-state index in [0.29, 0.717) is 18.0 Å². The topological polar surface area (TPSA) is 62.5 Å². The van der Waals surface area contributed by atoms with E-state index in [1.807, 2.05) is 16.3 Å². The van der Waals surface area contributed by atoms with E-state index in [9.17, 15) is 4.79 Å². The summed E-state index contributed by atoms with van der Waals surface area (Å²) in [6, 6.07) is 10.5. The monoisotopic (exact) mass is 330 g/mol. The molecule has 0 unspecified atom stereocenters. The van der Waals surface area contributed by atoms with Crippen LogP contribution in [0, 0.1) is 0 Å². The number of carbonyl (C=O) groups is 1. The molecule has 5 nitrogen and oxygen atoms in total. The second-order valence-corrected chi connectivity index (χ2v) is 6.71. The van der Waals surface area contributed by atoms with Crippen LogP contribution >= 0.6 is 11.3 Å². The molecule has 3 rings (SSSR count). The van der Waals surface area contributed by atoms with Gasteiger partial charge < -0.3 is 10.6 Å². The average molecular weight is 330 g/mol. The van der Waals surface area contributed by atoms with E-state index in [0.717, 1.165) is 38.4 Å². The summed E-state index contributed by atoms with van der Waals surface area (Å²) in [5.74, 6) is 0.218. The van der Waals surface area contributed by atoms with Gasteiger partial charge in [-0.2, -0.15) is 0 Å². The molecule has 2 N–H and O–H groups in total. The molecule has 0 saturated carbocycles. The highest BCUT2D eigenvalue weighted by Gasteiger charge is 2.21. The zero-order chi connectivity index (χ0) is 16.1. The van der Waals surface area contributed by atoms with Crippen molar-refractivity contribution < 1.29 is 4.79 Å². The Kier molecular flexibility index (Phi) is 5.25. The number of nitrogens with two attached hydrogens (primary N) is 1. The smallest absolute Gasteiger partial charge is 0.223 e. The number of carbonyl (C=O) groups excluding carboxylic acids is 1. The maximum atomic E-state index is 12.3. The fourth-order valence-corrected chi connectivity index (χ4v) is 3.42. The minimum absolute atomic E-state index is 0.218. The third-order valence-electron chi connectivity index (χ3n) is 4.14. The average Bonchev–Trinajstić information content (AvgIpc) is 3.00. The summed E-state index contributed by atoms with van der Waals surface area (Å²) in [4.78, 5) is 20.9. The first-order chi connectivity index (χ1) is 11.2. The molecule has 0 bridgehead atoms. The van der Waals surface area contributed by atoms with Gasteiger partial charge in [-0.1, -0.05) is 30.3 Å². The van der Waals surface area contributed by atoms with Crippen LogP contribution in [0.2, 0.25) is 0 Å². The van der Waals surface area contributed by atoms with E-state index in [1.165, 1.54) is 16.9 Å². The number of aryl methyl sites for hydroxylation is 1. The number of aromatic nitrogens is 1. The Balaban J connectivity index is 1.42. The molecule has 0 spiro atoms. The number of hydrogen-bond acceptors (Lipinski definition) is 5. The van der Waals surface area contributed by atoms with Crippen molar-refractivity contribution in [3.8, 4) is 0 Å². The minimum Gasteiger partial charge on any atom is -0.375 e. The number of thiazole rings is 1. The second kappa shape index (κ2) is 7.57. The van der Waals surface area contributed by atoms with Gasteiger partial charge in [-0.3, -0.25) is 9.69 Å². The standard InChI is InChI=1S/C17H22N4OS/c18-17-19-15(13-23-17)6-7-16(22)21-10-8-20(9-11-21)12-14-4-2-1-3-5-14/h1-5,13H,6-12H2,(H2,18,19). The van der Waals surface area contributed by atoms with Gasteiger partial charge in [0.15, 0.2) is 5.13 Å². The third kappa shape index (κ3) is 4.53. The van der Waals surface area contributed by atoms with Gasteiger partial charge in [-0.25, -0.2) is 4.98 Å². The molecule has 2 aromatic rings. The van der Waals surface area contributed by atoms with Crippen LogP contribution in [0.3, 0.4) is 0 Å². The number of nitrogen functional groups attached to an aromatic ring is 1. The number of hydrogen-bond donors (Lipinski definition) is 1. The maximum Gasteiger partial charge on any atom is 0.223 e. The molecule has 1 aliphatic heterocycles. The summed E-state index contributed by atoms with van der Waals surface area (Å²) in [7, 11) is 0. The van der Waals surface area contributed by atoms with Crippen molar-refractivity contribution in [3.63, 3.8) is 0 Å². The normalized spacial score (nSPS) is 15.7. The summed E-state index contributed by atoms with van der Waals surface area (Å²) >= 11 is 1.43. The highest BCUT2D eigenvalue weighted by Crippen LogP contribution is 2.14. The summed E-state index contributed by atoms with van der Waals surface area (Å²) in [5, 5.41) is 2.50. The highest BCUT2D eigenvalue weighted by atomic mass is 32.1. The molecular weight excluding hydrogens is 308 g/mol. The Morgan fingerprint density at radius 2 is 1.91 bits per heavy atom. The Hall–Kier alpha value is -1.92. The zero-order valence-electron chi connectivity index (χ0n) is 13.1. The number of rotatable bonds is 5. The first-order valence-corrected chi connectivity index (χ1v) is 8.82. The predicted molar refractivity (Wildman–Crippen MR) is 93.1 cm³/mol. The summed E-state index contributed by atoms with van der Waals surface area (Å²) in [6.07, 6.45) is 1.19. The molecule has 0 atom stereocenters. The van der Waals surface area contributed by atoms with Gasteiger partial charge in [0.2, 0.25) is 5.91 Å². The number of anilines is 1. The molecule has 6 heteroatoms. The Labute approximate surface area is 140 Å². The Morgan fingerprint density at radius 1 is 1.17 bits per heavy atom. The number of amides is 1. The lowest BCUT2D eigenvalue weighted by molar-refractivity contribution is -0.133. The van der Waals surface area contributed by atoms with Gasteiger partial charge in [0.25, 0.3) is 0 Å². The van der Waals surface area contributed by atoms with Crippen molar-refractivity contribution >= 4 is 22.4 Å². The molecule has 0 radical (unpaired) electrons. The van der Waals surface area contributed by atoms with Crippen molar-refractivity contribution in [2.75, 3.05) is 31.9 Å². The zero-order valence-corrected chi connectivity index (χ0v) is 14.0. The molecule has 1 fully saturated rings. The molecule has 2 heterocycles. The molecule has 1 aromatic heterocycles. The van der Waals surface area contributed by atoms with Gasteiger partial charge in [-0.05, 0) is 12.0 Å². The van der Waals surface area contributed by atoms with Crippen LogP contribution in [0.5, 0.6) is 0 Å². The number of piperazine rings is 1. The van der Waals surface area contributed by atoms with E-state index in [1.54, 1.807) is 0 Å². The Bertz CT molecular complexity index is 635. The van der Waals surface area contributed by atoms with E-state index in [2.05, 4.69) is 34.1 Å². The van der Waals surface area contributed by atoms with Crippen LogP contribution < -0.4 is 5.73 Å². The molecule has 23 heavy (non-hydrogen) atoms. The van der Waals surface area contributed by atoms with Gasteiger partial charge in [0, 0.05) is 44.5 Å². The molecular formula is C17H22N4OS. The second-order valence-electron chi connectivity index (χ2n) is 5.82. The van der Waals surface area contributed by atoms with Crippen LogP contribution in [0.15, 0.2) is 35.7 Å². The summed E-state index contributed by atoms with van der Waals surface area (Å²) in [5.41, 5.74) is 7.86. The van der Waals surface area contributed by atoms with E-state index in [4.69, 9.17) is 5.73 Å². The lowest BCUT2D eigenvalue weighted by atomic mass is 10.2. The Morgan fingerprint density at radius 3 is 2.57 bits per heavy atom. The number of nitrogens with zero attached hydrogens (tertiary/aromatic N) is 3. The van der Waals surface area contributed by atoms with Crippen molar-refractivity contribution in [2.24, 2.45) is 0 Å². The minimum atomic E-state index is 0.218. The highest BCUT2D eigenvalue weighted by molar-refractivity contribution is 7.13. The quantitative estimate of drug-likeness (QED) is 0.911. The summed E-state index contributed by atoms with van der Waals surface area (Å²) in [6.45, 7) is 4.45. The molecule has 1 aromatic carbocycles. The maximum absolute atomic E-state index is 12.3. The first kappa shape index (κ1) is 16.0. The van der Waals surface area contributed by atoms with Crippen molar-refractivity contribution in [1.29, 1.82) is 0 Å². The molecule has 0 aliphatic carbocycles. The van der Waals surface area contributed by atoms with E-state index >= 15 is 0 Å². The first-order valence-electron chi connectivity index (χ1n) is 7.94. The molecule has 122 valence electrons. The fourth-order valence-electron chi connectivity index (χ4n) is 2.83. The summed E-state index contributed by atoms with van der Waals surface area (Å²) < 4.78 is 0. The lowest BCUT2D eigenvalue weighted by Gasteiger charge is -2.34. The van der Waals surface area contributed by atoms with E-state index < -0.39 is 0 Å². The van der Waals surface area contributed by atoms with Crippen LogP contribution in [0.4, 0.5) is 5.13 Å². The van der Waals surface area contributed by atoms with Gasteiger partial charge in [-0.15, -0.1) is 11.3 Å². The lowest BCUT2D eigenvalue weighted by Crippen LogP contribution is -2.48. The van der Waals surface area contributed by atoms with Crippen molar-refractivity contribution in [3.05, 3.63) is 47.0 Å². The fraction of sp³-hybridized carbons (Fsp3) is 0.412. The van der Waals surface area contributed by atoms with Crippen LogP contribution in [-0.4, -0.2) is 46.9 Å². The largest absolute Gasteiger partial charge is 0.375 e. The number of benzene rings is 1. The van der Waals surface area contributed by atoms with Gasteiger partial charge >= 0.3 is 0 Å². The predicted octanol–water partition coefficient (Wildman–Crippen LogP) is 2.00. The van der Waals surface area contributed by atoms with Gasteiger partial charge in [0.05, 0.1) is 5.69 Å². The van der Waals surface area contributed by atoms with Crippen molar-refractivity contribution in [1.82, 2.24) is 14.8 Å². The van der Waals surface area contributed by atoms with Crippen molar-refractivity contribution in [2.45, 2.75) is 19.4 Å². The molecule has 1 saturated heterocycles. The van der Waals surface area contributed by atoms with Crippen LogP contribution in [0.25, 0.3) is 0 Å². The SMILES string of the molecule is Nc1nc(CCC(=O)N2CCN(Cc3ccccc3)CC2)cs1. The van der Waals surface area contributed by atoms with Gasteiger partial charge in [0.1, 0.15) is 0 Å². The van der Waals surface area contributed by atoms with E-state index in [-0.39, 0.29) is 5.91 Å². The van der Waals surface area contributed by atoms with Crippen LogP contribution in [0.1, 0.15) is 17.7 Å². The van der Waals surface area contributed by atoms with Crippen LogP contribution in [-0.2, 0) is 17.8 Å². The molecule has 1 aliphatic rings.